The zero-order chi connectivity index (χ0) is 14.2. The van der Waals surface area contributed by atoms with Gasteiger partial charge in [-0.25, -0.2) is 4.98 Å². The van der Waals surface area contributed by atoms with E-state index in [1.807, 2.05) is 25.3 Å². The summed E-state index contributed by atoms with van der Waals surface area (Å²) < 4.78 is 5.25. The maximum atomic E-state index is 5.25. The van der Waals surface area contributed by atoms with Gasteiger partial charge in [0, 0.05) is 36.9 Å². The van der Waals surface area contributed by atoms with Gasteiger partial charge in [0.2, 0.25) is 0 Å². The summed E-state index contributed by atoms with van der Waals surface area (Å²) in [7, 11) is 0. The highest BCUT2D eigenvalue weighted by Crippen LogP contribution is 2.26. The number of nitrogens with one attached hydrogen (secondary N) is 1. The highest BCUT2D eigenvalue weighted by atomic mass is 16.5. The predicted octanol–water partition coefficient (Wildman–Crippen LogP) is 1.77. The Kier molecular flexibility index (Phi) is 3.11. The molecule has 2 aromatic rings. The van der Waals surface area contributed by atoms with Crippen molar-refractivity contribution in [2.75, 3.05) is 18.0 Å². The lowest BCUT2D eigenvalue weighted by Crippen LogP contribution is -2.35. The summed E-state index contributed by atoms with van der Waals surface area (Å²) in [4.78, 5) is 11.2. The molecule has 2 atom stereocenters. The van der Waals surface area contributed by atoms with Gasteiger partial charge in [-0.1, -0.05) is 5.16 Å². The second kappa shape index (κ2) is 5.11. The molecule has 0 spiro atoms. The summed E-state index contributed by atoms with van der Waals surface area (Å²) >= 11 is 0. The average Bonchev–Trinajstić information content (AvgIpc) is 3.05. The van der Waals surface area contributed by atoms with Crippen molar-refractivity contribution in [2.24, 2.45) is 0 Å². The minimum absolute atomic E-state index is 0.561. The summed E-state index contributed by atoms with van der Waals surface area (Å²) in [6.07, 6.45) is 5.58. The lowest BCUT2D eigenvalue weighted by molar-refractivity contribution is 0.425. The van der Waals surface area contributed by atoms with Crippen molar-refractivity contribution in [3.05, 3.63) is 24.2 Å². The van der Waals surface area contributed by atoms with E-state index in [-0.39, 0.29) is 0 Å². The molecular weight excluding hydrogens is 266 g/mol. The number of anilines is 1. The molecular formula is C15H19N5O. The van der Waals surface area contributed by atoms with E-state index >= 15 is 0 Å². The first-order valence-corrected chi connectivity index (χ1v) is 7.56. The van der Waals surface area contributed by atoms with Crippen molar-refractivity contribution in [1.29, 1.82) is 0 Å². The summed E-state index contributed by atoms with van der Waals surface area (Å²) in [5.41, 5.74) is 0.933. The van der Waals surface area contributed by atoms with Gasteiger partial charge >= 0.3 is 0 Å². The van der Waals surface area contributed by atoms with Crippen LogP contribution in [0.4, 0.5) is 5.82 Å². The van der Waals surface area contributed by atoms with Crippen molar-refractivity contribution < 1.29 is 4.52 Å². The van der Waals surface area contributed by atoms with Crippen molar-refractivity contribution in [2.45, 2.75) is 38.3 Å². The normalized spacial score (nSPS) is 25.1. The largest absolute Gasteiger partial charge is 0.355 e. The number of rotatable bonds is 2. The Morgan fingerprint density at radius 2 is 2.19 bits per heavy atom. The Morgan fingerprint density at radius 1 is 1.29 bits per heavy atom. The maximum Gasteiger partial charge on any atom is 0.258 e. The standard InChI is InChI=1S/C15H19N5O/c1-10-17-15(21-19-10)11-4-6-16-14(8-11)20-7-5-12-2-3-13(9-20)18-12/h4,6,8,12-13,18H,2-3,5,7,9H2,1H3. The van der Waals surface area contributed by atoms with Crippen molar-refractivity contribution in [3.63, 3.8) is 0 Å². The number of aromatic nitrogens is 3. The van der Waals surface area contributed by atoms with E-state index in [1.54, 1.807) is 0 Å². The molecule has 2 aromatic heterocycles. The van der Waals surface area contributed by atoms with Crippen LogP contribution >= 0.6 is 0 Å². The molecule has 2 aliphatic heterocycles. The number of aryl methyl sites for hydroxylation is 1. The van der Waals surface area contributed by atoms with E-state index in [2.05, 4.69) is 25.3 Å². The molecule has 4 rings (SSSR count). The number of nitrogens with zero attached hydrogens (tertiary/aromatic N) is 4. The van der Waals surface area contributed by atoms with Gasteiger partial charge in [-0.15, -0.1) is 0 Å². The molecule has 2 fully saturated rings. The van der Waals surface area contributed by atoms with E-state index in [1.165, 1.54) is 19.3 Å². The number of fused-ring (bicyclic) bond motifs is 2. The number of hydrogen-bond donors (Lipinski definition) is 1. The van der Waals surface area contributed by atoms with Crippen LogP contribution in [0.3, 0.4) is 0 Å². The Morgan fingerprint density at radius 3 is 3.05 bits per heavy atom. The first-order chi connectivity index (χ1) is 10.3. The molecule has 0 radical (unpaired) electrons. The van der Waals surface area contributed by atoms with Crippen molar-refractivity contribution in [3.8, 4) is 11.5 Å². The van der Waals surface area contributed by atoms with E-state index in [0.717, 1.165) is 24.5 Å². The average molecular weight is 285 g/mol. The third-order valence-corrected chi connectivity index (χ3v) is 4.37. The molecule has 2 saturated heterocycles. The molecule has 2 aliphatic rings. The van der Waals surface area contributed by atoms with Crippen LogP contribution in [0.25, 0.3) is 11.5 Å². The van der Waals surface area contributed by atoms with Gasteiger partial charge < -0.3 is 14.7 Å². The Bertz CT molecular complexity index is 640. The van der Waals surface area contributed by atoms with Gasteiger partial charge in [-0.2, -0.15) is 4.98 Å². The van der Waals surface area contributed by atoms with E-state index < -0.39 is 0 Å². The molecule has 2 unspecified atom stereocenters. The lowest BCUT2D eigenvalue weighted by Gasteiger charge is -2.25. The zero-order valence-electron chi connectivity index (χ0n) is 12.1. The van der Waals surface area contributed by atoms with E-state index in [0.29, 0.717) is 23.8 Å². The van der Waals surface area contributed by atoms with Crippen LogP contribution < -0.4 is 10.2 Å². The molecule has 4 heterocycles. The molecule has 0 aromatic carbocycles. The second-order valence-electron chi connectivity index (χ2n) is 5.92. The highest BCUT2D eigenvalue weighted by Gasteiger charge is 2.29. The van der Waals surface area contributed by atoms with Gasteiger partial charge in [0.1, 0.15) is 5.82 Å². The minimum atomic E-state index is 0.561. The summed E-state index contributed by atoms with van der Waals surface area (Å²) in [6, 6.07) is 5.24. The smallest absolute Gasteiger partial charge is 0.258 e. The van der Waals surface area contributed by atoms with Crippen LogP contribution in [-0.4, -0.2) is 40.3 Å². The molecule has 6 heteroatoms. The molecule has 2 bridgehead atoms. The van der Waals surface area contributed by atoms with Crippen LogP contribution in [0.15, 0.2) is 22.9 Å². The molecule has 0 saturated carbocycles. The second-order valence-corrected chi connectivity index (χ2v) is 5.92. The molecule has 6 nitrogen and oxygen atoms in total. The number of pyridine rings is 1. The third-order valence-electron chi connectivity index (χ3n) is 4.37. The maximum absolute atomic E-state index is 5.25. The van der Waals surface area contributed by atoms with Gasteiger partial charge in [0.15, 0.2) is 5.82 Å². The van der Waals surface area contributed by atoms with Gasteiger partial charge in [0.25, 0.3) is 5.89 Å². The topological polar surface area (TPSA) is 67.1 Å². The monoisotopic (exact) mass is 285 g/mol. The quantitative estimate of drug-likeness (QED) is 0.907. The molecule has 1 N–H and O–H groups in total. The summed E-state index contributed by atoms with van der Waals surface area (Å²) in [5.74, 6) is 2.21. The fourth-order valence-corrected chi connectivity index (χ4v) is 3.29. The molecule has 110 valence electrons. The van der Waals surface area contributed by atoms with Crippen LogP contribution in [0, 0.1) is 6.92 Å². The first kappa shape index (κ1) is 12.8. The first-order valence-electron chi connectivity index (χ1n) is 7.56. The summed E-state index contributed by atoms with van der Waals surface area (Å²) in [5, 5.41) is 7.54. The molecule has 21 heavy (non-hydrogen) atoms. The minimum Gasteiger partial charge on any atom is -0.355 e. The van der Waals surface area contributed by atoms with Crippen LogP contribution in [0.1, 0.15) is 25.1 Å². The van der Waals surface area contributed by atoms with Crippen molar-refractivity contribution >= 4 is 5.82 Å². The fraction of sp³-hybridized carbons (Fsp3) is 0.533. The van der Waals surface area contributed by atoms with Crippen LogP contribution in [0.5, 0.6) is 0 Å². The highest BCUT2D eigenvalue weighted by molar-refractivity contribution is 5.58. The van der Waals surface area contributed by atoms with Gasteiger partial charge in [0.05, 0.1) is 0 Å². The Hall–Kier alpha value is -1.95. The zero-order valence-corrected chi connectivity index (χ0v) is 12.1. The third kappa shape index (κ3) is 2.51. The number of hydrogen-bond acceptors (Lipinski definition) is 6. The summed E-state index contributed by atoms with van der Waals surface area (Å²) in [6.45, 7) is 3.90. The fourth-order valence-electron chi connectivity index (χ4n) is 3.29. The lowest BCUT2D eigenvalue weighted by atomic mass is 10.1. The van der Waals surface area contributed by atoms with Gasteiger partial charge in [-0.05, 0) is 38.3 Å². The SMILES string of the molecule is Cc1noc(-c2ccnc(N3CCC4CCC(C3)N4)c2)n1. The Balaban J connectivity index is 1.60. The van der Waals surface area contributed by atoms with Gasteiger partial charge in [-0.3, -0.25) is 0 Å². The Labute approximate surface area is 123 Å². The van der Waals surface area contributed by atoms with E-state index in [4.69, 9.17) is 4.52 Å². The van der Waals surface area contributed by atoms with Crippen molar-refractivity contribution in [1.82, 2.24) is 20.4 Å². The van der Waals surface area contributed by atoms with E-state index in [9.17, 15) is 0 Å². The predicted molar refractivity (Wildman–Crippen MR) is 79.0 cm³/mol. The molecule has 0 aliphatic carbocycles. The van der Waals surface area contributed by atoms with Crippen LogP contribution in [-0.2, 0) is 0 Å². The molecule has 0 amide bonds. The van der Waals surface area contributed by atoms with Crippen LogP contribution in [0.2, 0.25) is 0 Å².